The summed E-state index contributed by atoms with van der Waals surface area (Å²) in [6.45, 7) is 0. The van der Waals surface area contributed by atoms with E-state index in [0.717, 1.165) is 19.2 Å². The summed E-state index contributed by atoms with van der Waals surface area (Å²) in [5, 5.41) is 0.678. The van der Waals surface area contributed by atoms with Gasteiger partial charge in [0, 0.05) is 5.56 Å². The van der Waals surface area contributed by atoms with Gasteiger partial charge in [0.15, 0.2) is 29.0 Å². The van der Waals surface area contributed by atoms with Crippen molar-refractivity contribution in [1.82, 2.24) is 0 Å². The molecule has 0 atom stereocenters. The molecule has 0 aromatic heterocycles. The third-order valence-corrected chi connectivity index (χ3v) is 3.64. The Kier molecular flexibility index (Phi) is 4.51. The lowest BCUT2D eigenvalue weighted by Crippen LogP contribution is -2.04. The number of benzene rings is 3. The quantitative estimate of drug-likeness (QED) is 0.331. The van der Waals surface area contributed by atoms with Gasteiger partial charge in [-0.3, -0.25) is 0 Å². The van der Waals surface area contributed by atoms with Crippen molar-refractivity contribution in [2.75, 3.05) is 7.11 Å². The van der Waals surface area contributed by atoms with E-state index in [2.05, 4.69) is 10.7 Å². The lowest BCUT2D eigenvalue weighted by atomic mass is 10.1. The molecule has 0 bridgehead atoms. The first-order valence-corrected chi connectivity index (χ1v) is 7.14. The van der Waals surface area contributed by atoms with Crippen molar-refractivity contribution in [3.63, 3.8) is 0 Å². The Balaban J connectivity index is 2.10. The summed E-state index contributed by atoms with van der Waals surface area (Å²) >= 11 is 0. The van der Waals surface area contributed by atoms with Gasteiger partial charge in [-0.05, 0) is 35.0 Å². The van der Waals surface area contributed by atoms with E-state index in [1.165, 1.54) is 18.2 Å². The summed E-state index contributed by atoms with van der Waals surface area (Å²) in [6, 6.07) is 6.07. The van der Waals surface area contributed by atoms with Gasteiger partial charge in [0.25, 0.3) is 0 Å². The van der Waals surface area contributed by atoms with Crippen LogP contribution in [-0.4, -0.2) is 7.11 Å². The van der Waals surface area contributed by atoms with E-state index in [0.29, 0.717) is 10.8 Å². The molecule has 132 valence electrons. The van der Waals surface area contributed by atoms with E-state index in [4.69, 9.17) is 0 Å². The molecule has 26 heavy (non-hydrogen) atoms. The van der Waals surface area contributed by atoms with Crippen molar-refractivity contribution in [2.24, 2.45) is 0 Å². The Morgan fingerprint density at radius 2 is 1.27 bits per heavy atom. The maximum atomic E-state index is 13.9. The first-order chi connectivity index (χ1) is 12.3. The molecule has 0 unspecified atom stereocenters. The second kappa shape index (κ2) is 6.64. The van der Waals surface area contributed by atoms with Gasteiger partial charge in [-0.25, -0.2) is 17.6 Å². The lowest BCUT2D eigenvalue weighted by Gasteiger charge is -2.07. The van der Waals surface area contributed by atoms with Crippen molar-refractivity contribution < 1.29 is 31.1 Å². The molecule has 3 aromatic rings. The van der Waals surface area contributed by atoms with Crippen LogP contribution in [-0.2, 0) is 0 Å². The number of ether oxygens (including phenoxy) is 1. The Morgan fingerprint density at radius 3 is 1.85 bits per heavy atom. The minimum atomic E-state index is -1.70. The highest BCUT2D eigenvalue weighted by molar-refractivity contribution is 5.84. The number of fused-ring (bicyclic) bond motifs is 1. The van der Waals surface area contributed by atoms with Gasteiger partial charge >= 0.3 is 0 Å². The minimum absolute atomic E-state index is 0.180. The fourth-order valence-corrected chi connectivity index (χ4v) is 2.36. The number of methoxy groups -OCH3 is 1. The molecule has 3 aromatic carbocycles. The lowest BCUT2D eigenvalue weighted by molar-refractivity contribution is 0.331. The molecule has 0 spiro atoms. The summed E-state index contributed by atoms with van der Waals surface area (Å²) in [5.74, 6) is -5.71. The van der Waals surface area contributed by atoms with Gasteiger partial charge in [0.2, 0.25) is 11.6 Å². The van der Waals surface area contributed by atoms with E-state index in [1.807, 2.05) is 5.92 Å². The van der Waals surface area contributed by atoms with Crippen LogP contribution < -0.4 is 4.74 Å². The molecule has 0 aliphatic heterocycles. The first kappa shape index (κ1) is 17.7. The zero-order chi connectivity index (χ0) is 19.0. The van der Waals surface area contributed by atoms with E-state index in [-0.39, 0.29) is 5.56 Å². The van der Waals surface area contributed by atoms with Crippen molar-refractivity contribution in [3.8, 4) is 17.6 Å². The highest BCUT2D eigenvalue weighted by Crippen LogP contribution is 2.29. The largest absolute Gasteiger partial charge is 0.491 e. The van der Waals surface area contributed by atoms with Crippen LogP contribution in [0.4, 0.5) is 26.3 Å². The molecule has 0 fully saturated rings. The highest BCUT2D eigenvalue weighted by atomic mass is 19.2. The van der Waals surface area contributed by atoms with Crippen molar-refractivity contribution in [3.05, 3.63) is 76.4 Å². The zero-order valence-electron chi connectivity index (χ0n) is 13.1. The summed E-state index contributed by atoms with van der Waals surface area (Å²) < 4.78 is 85.9. The molecule has 0 N–H and O–H groups in total. The molecule has 3 rings (SSSR count). The average Bonchev–Trinajstić information content (AvgIpc) is 2.61. The molecule has 0 amide bonds. The smallest absolute Gasteiger partial charge is 0.205 e. The second-order valence-corrected chi connectivity index (χ2v) is 5.24. The Morgan fingerprint density at radius 1 is 0.692 bits per heavy atom. The summed E-state index contributed by atoms with van der Waals surface area (Å²) in [4.78, 5) is 0. The third kappa shape index (κ3) is 2.94. The van der Waals surface area contributed by atoms with Crippen molar-refractivity contribution >= 4 is 10.8 Å². The minimum Gasteiger partial charge on any atom is -0.491 e. The normalized spacial score (nSPS) is 10.6. The van der Waals surface area contributed by atoms with Crippen molar-refractivity contribution in [2.45, 2.75) is 0 Å². The van der Waals surface area contributed by atoms with E-state index in [1.54, 1.807) is 0 Å². The molecule has 7 heteroatoms. The van der Waals surface area contributed by atoms with Crippen LogP contribution in [0.5, 0.6) is 5.75 Å². The molecule has 0 aliphatic carbocycles. The maximum Gasteiger partial charge on any atom is 0.205 e. The molecular formula is C19H8F6O. The summed E-state index contributed by atoms with van der Waals surface area (Å²) in [6.07, 6.45) is 0. The first-order valence-electron chi connectivity index (χ1n) is 7.14. The van der Waals surface area contributed by atoms with E-state index in [9.17, 15) is 26.3 Å². The number of rotatable bonds is 1. The molecule has 0 saturated carbocycles. The number of halogens is 6. The molecule has 0 saturated heterocycles. The monoisotopic (exact) mass is 366 g/mol. The molecule has 1 nitrogen and oxygen atoms in total. The van der Waals surface area contributed by atoms with Crippen LogP contribution >= 0.6 is 0 Å². The summed E-state index contributed by atoms with van der Waals surface area (Å²) in [7, 11) is 0.864. The van der Waals surface area contributed by atoms with Crippen LogP contribution in [0.1, 0.15) is 11.1 Å². The highest BCUT2D eigenvalue weighted by Gasteiger charge is 2.25. The van der Waals surface area contributed by atoms with Crippen LogP contribution in [0.25, 0.3) is 10.8 Å². The third-order valence-electron chi connectivity index (χ3n) is 3.64. The Labute approximate surface area is 143 Å². The van der Waals surface area contributed by atoms with E-state index >= 15 is 0 Å². The summed E-state index contributed by atoms with van der Waals surface area (Å²) in [5.41, 5.74) is -0.926. The van der Waals surface area contributed by atoms with Gasteiger partial charge in [-0.1, -0.05) is 17.9 Å². The Bertz CT molecular complexity index is 1070. The van der Waals surface area contributed by atoms with Crippen LogP contribution in [0.3, 0.4) is 0 Å². The van der Waals surface area contributed by atoms with Crippen LogP contribution in [0.15, 0.2) is 30.3 Å². The topological polar surface area (TPSA) is 9.23 Å². The predicted octanol–water partition coefficient (Wildman–Crippen LogP) is 5.08. The molecule has 0 radical (unpaired) electrons. The molecular weight excluding hydrogens is 358 g/mol. The van der Waals surface area contributed by atoms with Crippen LogP contribution in [0, 0.1) is 46.7 Å². The van der Waals surface area contributed by atoms with Gasteiger partial charge in [-0.15, -0.1) is 0 Å². The zero-order valence-corrected chi connectivity index (χ0v) is 13.1. The number of hydrogen-bond donors (Lipinski definition) is 0. The maximum absolute atomic E-state index is 13.9. The van der Waals surface area contributed by atoms with Gasteiger partial charge in [0.05, 0.1) is 7.11 Å². The van der Waals surface area contributed by atoms with E-state index < -0.39 is 46.2 Å². The molecule has 0 heterocycles. The Hall–Kier alpha value is -3.14. The van der Waals surface area contributed by atoms with Gasteiger partial charge < -0.3 is 4.74 Å². The average molecular weight is 366 g/mol. The molecule has 0 aliphatic rings. The fourth-order valence-electron chi connectivity index (χ4n) is 2.36. The second-order valence-electron chi connectivity index (χ2n) is 5.24. The van der Waals surface area contributed by atoms with Gasteiger partial charge in [-0.2, -0.15) is 8.78 Å². The predicted molar refractivity (Wildman–Crippen MR) is 82.7 cm³/mol. The fraction of sp³-hybridized carbons (Fsp3) is 0.0526. The van der Waals surface area contributed by atoms with Crippen molar-refractivity contribution in [1.29, 1.82) is 0 Å². The van der Waals surface area contributed by atoms with Crippen LogP contribution in [0.2, 0.25) is 0 Å². The standard InChI is InChI=1S/C19H8F6O/c1-26-19-17(24)15(22)12(16(23)18(19)25)5-3-9-2-4-10-7-13(20)14(21)8-11(10)6-9/h2,4,6-8H,1H3. The van der Waals surface area contributed by atoms with Gasteiger partial charge in [0.1, 0.15) is 5.56 Å². The number of hydrogen-bond acceptors (Lipinski definition) is 1. The SMILES string of the molecule is COc1c(F)c(F)c(C#Cc2ccc3cc(F)c(F)cc3c2)c(F)c1F.